The Hall–Kier alpha value is -1.67. The third kappa shape index (κ3) is 1230. The molecule has 0 saturated heterocycles. The fraction of sp³-hybridized carbons (Fsp3) is 0.300. The van der Waals surface area contributed by atoms with Gasteiger partial charge in [-0.3, -0.25) is 0 Å². The summed E-state index contributed by atoms with van der Waals surface area (Å²) in [5.41, 5.74) is 14.7. The molecule has 7 nitrogen and oxygen atoms in total. The van der Waals surface area contributed by atoms with Gasteiger partial charge in [-0.15, -0.1) is 19.7 Å². The molecule has 7 heteroatoms. The van der Waals surface area contributed by atoms with Crippen molar-refractivity contribution in [2.75, 3.05) is 19.6 Å². The zero-order chi connectivity index (χ0) is 13.8. The first kappa shape index (κ1) is 29.5. The van der Waals surface area contributed by atoms with Crippen molar-refractivity contribution in [1.29, 1.82) is 0 Å². The van der Waals surface area contributed by atoms with Gasteiger partial charge in [-0.2, -0.15) is 0 Å². The van der Waals surface area contributed by atoms with Gasteiger partial charge in [-0.1, -0.05) is 18.2 Å². The van der Waals surface area contributed by atoms with Crippen molar-refractivity contribution in [2.24, 2.45) is 17.2 Å². The molecule has 17 heavy (non-hydrogen) atoms. The van der Waals surface area contributed by atoms with Gasteiger partial charge in [0.2, 0.25) is 0 Å². The first-order valence-electron chi connectivity index (χ1n) is 4.33. The van der Waals surface area contributed by atoms with E-state index in [2.05, 4.69) is 19.7 Å². The van der Waals surface area contributed by atoms with E-state index >= 15 is 0 Å². The Morgan fingerprint density at radius 2 is 0.941 bits per heavy atom. The van der Waals surface area contributed by atoms with Gasteiger partial charge in [-0.25, -0.2) is 4.79 Å². The van der Waals surface area contributed by atoms with Crippen LogP contribution in [-0.2, 0) is 0 Å². The maximum Gasteiger partial charge on any atom is 0.503 e. The van der Waals surface area contributed by atoms with Crippen molar-refractivity contribution in [3.05, 3.63) is 38.0 Å². The molecule has 0 unspecified atom stereocenters. The lowest BCUT2D eigenvalue weighted by Crippen LogP contribution is -1.90. The molecule has 0 radical (unpaired) electrons. The lowest BCUT2D eigenvalue weighted by molar-refractivity contribution is 0.137. The van der Waals surface area contributed by atoms with Crippen LogP contribution in [-0.4, -0.2) is 41.5 Å². The van der Waals surface area contributed by atoms with Crippen molar-refractivity contribution in [3.8, 4) is 0 Å². The average molecular weight is 251 g/mol. The lowest BCUT2D eigenvalue weighted by atomic mass is 10.7. The summed E-state index contributed by atoms with van der Waals surface area (Å²) in [7, 11) is 0. The first-order valence-corrected chi connectivity index (χ1v) is 4.33. The van der Waals surface area contributed by atoms with Gasteiger partial charge in [0.15, 0.2) is 0 Å². The Labute approximate surface area is 102 Å². The summed E-state index contributed by atoms with van der Waals surface area (Å²) in [6.07, 6.45) is 3.12. The van der Waals surface area contributed by atoms with Crippen molar-refractivity contribution in [3.63, 3.8) is 0 Å². The van der Waals surface area contributed by atoms with Crippen LogP contribution < -0.4 is 17.2 Å². The van der Waals surface area contributed by atoms with E-state index in [1.807, 2.05) is 0 Å². The Balaban J connectivity index is -0.0000000369. The molecule has 0 aliphatic heterocycles. The number of rotatable bonds is 3. The fourth-order valence-electron chi connectivity index (χ4n) is 0. The van der Waals surface area contributed by atoms with Crippen LogP contribution in [0.3, 0.4) is 0 Å². The van der Waals surface area contributed by atoms with Crippen LogP contribution in [0.25, 0.3) is 0 Å². The predicted octanol–water partition coefficient (Wildman–Crippen LogP) is -0.209. The molecule has 0 aromatic heterocycles. The second kappa shape index (κ2) is 47.4. The third-order valence-corrected chi connectivity index (χ3v) is 0.500. The van der Waals surface area contributed by atoms with Gasteiger partial charge in [0.1, 0.15) is 0 Å². The Bertz CT molecular complexity index is 141. The molecular formula is C10H25N3O4. The van der Waals surface area contributed by atoms with Crippen molar-refractivity contribution in [2.45, 2.75) is 0 Å². The summed E-state index contributed by atoms with van der Waals surface area (Å²) in [5, 5.41) is 13.9. The highest BCUT2D eigenvalue weighted by Crippen LogP contribution is 1.43. The SMILES string of the molecule is C=CCN.C=CCN.C=CCN.O.O=C(O)O. The van der Waals surface area contributed by atoms with E-state index in [4.69, 9.17) is 32.2 Å². The Morgan fingerprint density at radius 3 is 0.941 bits per heavy atom. The average Bonchev–Trinajstić information content (AvgIpc) is 2.28. The van der Waals surface area contributed by atoms with Crippen LogP contribution in [0.5, 0.6) is 0 Å². The van der Waals surface area contributed by atoms with E-state index < -0.39 is 6.16 Å². The van der Waals surface area contributed by atoms with E-state index in [0.717, 1.165) is 0 Å². The molecular weight excluding hydrogens is 226 g/mol. The molecule has 0 aliphatic carbocycles. The molecule has 0 aromatic carbocycles. The number of hydrogen-bond acceptors (Lipinski definition) is 4. The van der Waals surface area contributed by atoms with Gasteiger partial charge in [0.25, 0.3) is 0 Å². The second-order valence-electron chi connectivity index (χ2n) is 1.86. The predicted molar refractivity (Wildman–Crippen MR) is 72.0 cm³/mol. The molecule has 0 heterocycles. The highest BCUT2D eigenvalue weighted by Gasteiger charge is 1.70. The van der Waals surface area contributed by atoms with Gasteiger partial charge < -0.3 is 32.9 Å². The summed E-state index contributed by atoms with van der Waals surface area (Å²) >= 11 is 0. The zero-order valence-corrected chi connectivity index (χ0v) is 10.0. The monoisotopic (exact) mass is 251 g/mol. The minimum absolute atomic E-state index is 0. The van der Waals surface area contributed by atoms with Gasteiger partial charge in [0, 0.05) is 19.6 Å². The van der Waals surface area contributed by atoms with Crippen LogP contribution in [0.2, 0.25) is 0 Å². The summed E-state index contributed by atoms with van der Waals surface area (Å²) in [6, 6.07) is 0. The quantitative estimate of drug-likeness (QED) is 0.435. The number of carbonyl (C=O) groups is 1. The topological polar surface area (TPSA) is 167 Å². The number of hydrogen-bond donors (Lipinski definition) is 5. The minimum Gasteiger partial charge on any atom is -0.450 e. The maximum atomic E-state index is 8.56. The van der Waals surface area contributed by atoms with Gasteiger partial charge in [-0.05, 0) is 0 Å². The van der Waals surface area contributed by atoms with Gasteiger partial charge in [0.05, 0.1) is 0 Å². The molecule has 0 aliphatic rings. The van der Waals surface area contributed by atoms with Crippen LogP contribution in [0.4, 0.5) is 4.79 Å². The van der Waals surface area contributed by atoms with Crippen LogP contribution in [0, 0.1) is 0 Å². The number of nitrogens with two attached hydrogens (primary N) is 3. The fourth-order valence-corrected chi connectivity index (χ4v) is 0. The normalized spacial score (nSPS) is 5.82. The molecule has 0 bridgehead atoms. The van der Waals surface area contributed by atoms with Gasteiger partial charge >= 0.3 is 6.16 Å². The van der Waals surface area contributed by atoms with E-state index in [1.54, 1.807) is 18.2 Å². The molecule has 104 valence electrons. The molecule has 0 amide bonds. The first-order chi connectivity index (χ1) is 7.47. The smallest absolute Gasteiger partial charge is 0.450 e. The summed E-state index contributed by atoms with van der Waals surface area (Å²) in [5.74, 6) is 0. The van der Waals surface area contributed by atoms with Crippen LogP contribution in [0.15, 0.2) is 38.0 Å². The highest BCUT2D eigenvalue weighted by molar-refractivity contribution is 5.53. The Morgan fingerprint density at radius 1 is 0.882 bits per heavy atom. The molecule has 10 N–H and O–H groups in total. The molecule has 0 atom stereocenters. The summed E-state index contributed by atoms with van der Waals surface area (Å²) in [6.45, 7) is 11.8. The number of carboxylic acid groups (broad SMARTS) is 2. The van der Waals surface area contributed by atoms with Crippen molar-refractivity contribution >= 4 is 6.16 Å². The lowest BCUT2D eigenvalue weighted by Gasteiger charge is -1.61. The largest absolute Gasteiger partial charge is 0.503 e. The summed E-state index contributed by atoms with van der Waals surface area (Å²) < 4.78 is 0. The molecule has 0 aromatic rings. The summed E-state index contributed by atoms with van der Waals surface area (Å²) in [4.78, 5) is 8.56. The van der Waals surface area contributed by atoms with Crippen LogP contribution >= 0.6 is 0 Å². The van der Waals surface area contributed by atoms with E-state index in [1.165, 1.54) is 0 Å². The minimum atomic E-state index is -1.83. The molecule has 0 fully saturated rings. The van der Waals surface area contributed by atoms with Crippen molar-refractivity contribution < 1.29 is 20.5 Å². The second-order valence-corrected chi connectivity index (χ2v) is 1.86. The van der Waals surface area contributed by atoms with E-state index in [0.29, 0.717) is 19.6 Å². The molecule has 0 saturated carbocycles. The van der Waals surface area contributed by atoms with Crippen molar-refractivity contribution in [1.82, 2.24) is 0 Å². The Kier molecular flexibility index (Phi) is 82.2. The molecule has 0 spiro atoms. The highest BCUT2D eigenvalue weighted by atomic mass is 16.6. The molecule has 0 rings (SSSR count). The third-order valence-electron chi connectivity index (χ3n) is 0.500. The van der Waals surface area contributed by atoms with Crippen LogP contribution in [0.1, 0.15) is 0 Å². The zero-order valence-electron chi connectivity index (χ0n) is 10.0. The standard InChI is InChI=1S/3C3H7N.CH2O3.H2O/c3*1-2-3-4;2-1(3)4;/h3*2H,1,3-4H2;(H2,2,3,4);1H2. The maximum absolute atomic E-state index is 8.56. The van der Waals surface area contributed by atoms with E-state index in [-0.39, 0.29) is 5.48 Å². The van der Waals surface area contributed by atoms with E-state index in [9.17, 15) is 0 Å².